The summed E-state index contributed by atoms with van der Waals surface area (Å²) in [5.74, 6) is 6.36. The van der Waals surface area contributed by atoms with Gasteiger partial charge in [0.2, 0.25) is 0 Å². The van der Waals surface area contributed by atoms with Crippen LogP contribution in [-0.2, 0) is 4.74 Å². The van der Waals surface area contributed by atoms with Crippen LogP contribution >= 0.6 is 0 Å². The lowest BCUT2D eigenvalue weighted by atomic mass is 10.2. The predicted molar refractivity (Wildman–Crippen MR) is 72.0 cm³/mol. The van der Waals surface area contributed by atoms with Crippen LogP contribution in [0.5, 0.6) is 0 Å². The zero-order valence-corrected chi connectivity index (χ0v) is 11.1. The van der Waals surface area contributed by atoms with Crippen molar-refractivity contribution in [3.63, 3.8) is 0 Å². The summed E-state index contributed by atoms with van der Waals surface area (Å²) in [7, 11) is 1.86. The van der Waals surface area contributed by atoms with Gasteiger partial charge in [0.05, 0.1) is 12.2 Å². The molecule has 0 aliphatic carbocycles. The Morgan fingerprint density at radius 3 is 2.67 bits per heavy atom. The molecule has 1 aromatic heterocycles. The lowest BCUT2D eigenvalue weighted by Crippen LogP contribution is -2.49. The third-order valence-electron chi connectivity index (χ3n) is 3.06. The minimum Gasteiger partial charge on any atom is -0.372 e. The molecule has 2 atom stereocenters. The Labute approximate surface area is 107 Å². The van der Waals surface area contributed by atoms with Crippen LogP contribution in [-0.4, -0.2) is 47.8 Å². The molecule has 0 amide bonds. The second-order valence-corrected chi connectivity index (χ2v) is 4.60. The molecule has 2 heterocycles. The Kier molecular flexibility index (Phi) is 3.76. The highest BCUT2D eigenvalue weighted by molar-refractivity contribution is 5.97. The summed E-state index contributed by atoms with van der Waals surface area (Å²) in [5.41, 5.74) is 4.03. The van der Waals surface area contributed by atoms with Crippen LogP contribution in [0.1, 0.15) is 19.5 Å². The van der Waals surface area contributed by atoms with E-state index < -0.39 is 0 Å². The summed E-state index contributed by atoms with van der Waals surface area (Å²) in [6, 6.07) is 3.96. The zero-order valence-electron chi connectivity index (χ0n) is 11.1. The lowest BCUT2D eigenvalue weighted by Gasteiger charge is -2.37. The van der Waals surface area contributed by atoms with Crippen molar-refractivity contribution in [2.75, 3.05) is 25.6 Å². The van der Waals surface area contributed by atoms with Crippen LogP contribution < -0.4 is 11.3 Å². The molecular formula is C12H21N5O. The minimum atomic E-state index is 0.184. The maximum absolute atomic E-state index is 5.73. The topological polar surface area (TPSA) is 67.8 Å². The van der Waals surface area contributed by atoms with Crippen molar-refractivity contribution in [3.05, 3.63) is 24.0 Å². The van der Waals surface area contributed by atoms with Gasteiger partial charge in [0.25, 0.3) is 0 Å². The van der Waals surface area contributed by atoms with E-state index in [0.29, 0.717) is 0 Å². The molecule has 6 nitrogen and oxygen atoms in total. The van der Waals surface area contributed by atoms with Gasteiger partial charge in [0.15, 0.2) is 5.84 Å². The van der Waals surface area contributed by atoms with Crippen molar-refractivity contribution >= 4 is 5.84 Å². The van der Waals surface area contributed by atoms with E-state index in [-0.39, 0.29) is 12.2 Å². The number of hydrogen-bond acceptors (Lipinski definition) is 4. The standard InChI is InChI=1S/C12H21N5O/c1-9-7-16(8-10(2)18-9)12(15-13)11-5-4-6-17(11)14-3/h4-6,9-10,14H,7-8,13H2,1-3H3/b15-12+/t9-,10+. The van der Waals surface area contributed by atoms with Gasteiger partial charge in [0.1, 0.15) is 5.69 Å². The second kappa shape index (κ2) is 5.30. The predicted octanol–water partition coefficient (Wildman–Crippen LogP) is 0.391. The summed E-state index contributed by atoms with van der Waals surface area (Å²) in [6.07, 6.45) is 2.31. The smallest absolute Gasteiger partial charge is 0.174 e. The van der Waals surface area contributed by atoms with E-state index in [2.05, 4.69) is 29.3 Å². The van der Waals surface area contributed by atoms with Gasteiger partial charge in [-0.2, -0.15) is 5.10 Å². The molecule has 3 N–H and O–H groups in total. The molecule has 2 rings (SSSR count). The van der Waals surface area contributed by atoms with E-state index in [1.165, 1.54) is 0 Å². The van der Waals surface area contributed by atoms with E-state index in [9.17, 15) is 0 Å². The number of rotatable bonds is 2. The van der Waals surface area contributed by atoms with Gasteiger partial charge in [-0.25, -0.2) is 0 Å². The number of amidine groups is 1. The first kappa shape index (κ1) is 12.8. The van der Waals surface area contributed by atoms with Crippen LogP contribution in [0.2, 0.25) is 0 Å². The number of aromatic nitrogens is 1. The summed E-state index contributed by atoms with van der Waals surface area (Å²) in [5, 5.41) is 3.96. The number of nitrogens with one attached hydrogen (secondary N) is 1. The highest BCUT2D eigenvalue weighted by atomic mass is 16.5. The Morgan fingerprint density at radius 2 is 2.11 bits per heavy atom. The molecule has 0 saturated carbocycles. The number of morpholine rings is 1. The number of hydrazone groups is 1. The van der Waals surface area contributed by atoms with Gasteiger partial charge in [-0.05, 0) is 26.0 Å². The van der Waals surface area contributed by atoms with Crippen molar-refractivity contribution in [3.8, 4) is 0 Å². The molecule has 1 aliphatic heterocycles. The average molecular weight is 251 g/mol. The Hall–Kier alpha value is -1.69. The van der Waals surface area contributed by atoms with Crippen LogP contribution in [0.25, 0.3) is 0 Å². The fraction of sp³-hybridized carbons (Fsp3) is 0.583. The molecule has 1 fully saturated rings. The fourth-order valence-corrected chi connectivity index (χ4v) is 2.42. The molecule has 0 unspecified atom stereocenters. The Bertz CT molecular complexity index is 418. The van der Waals surface area contributed by atoms with Crippen molar-refractivity contribution in [2.24, 2.45) is 10.9 Å². The summed E-state index contributed by atoms with van der Waals surface area (Å²) >= 11 is 0. The zero-order chi connectivity index (χ0) is 13.1. The van der Waals surface area contributed by atoms with Crippen LogP contribution in [0.15, 0.2) is 23.4 Å². The van der Waals surface area contributed by atoms with Crippen LogP contribution in [0, 0.1) is 0 Å². The monoisotopic (exact) mass is 251 g/mol. The van der Waals surface area contributed by atoms with Crippen LogP contribution in [0.3, 0.4) is 0 Å². The third-order valence-corrected chi connectivity index (χ3v) is 3.06. The van der Waals surface area contributed by atoms with E-state index >= 15 is 0 Å². The summed E-state index contributed by atoms with van der Waals surface area (Å²) in [6.45, 7) is 5.73. The van der Waals surface area contributed by atoms with Gasteiger partial charge in [-0.15, -0.1) is 0 Å². The SMILES string of the molecule is CNn1cccc1/C(=N\N)N1C[C@@H](C)O[C@@H](C)C1. The van der Waals surface area contributed by atoms with E-state index in [1.54, 1.807) is 0 Å². The maximum Gasteiger partial charge on any atom is 0.174 e. The van der Waals surface area contributed by atoms with Gasteiger partial charge < -0.3 is 20.9 Å². The van der Waals surface area contributed by atoms with E-state index in [4.69, 9.17) is 10.6 Å². The third kappa shape index (κ3) is 2.43. The Morgan fingerprint density at radius 1 is 1.44 bits per heavy atom. The number of ether oxygens (including phenoxy) is 1. The number of hydrogen-bond donors (Lipinski definition) is 2. The molecule has 0 radical (unpaired) electrons. The van der Waals surface area contributed by atoms with Gasteiger partial charge in [0, 0.05) is 26.3 Å². The van der Waals surface area contributed by atoms with Gasteiger partial charge in [-0.1, -0.05) is 0 Å². The van der Waals surface area contributed by atoms with E-state index in [0.717, 1.165) is 24.6 Å². The van der Waals surface area contributed by atoms with Crippen LogP contribution in [0.4, 0.5) is 0 Å². The van der Waals surface area contributed by atoms with Gasteiger partial charge >= 0.3 is 0 Å². The highest BCUT2D eigenvalue weighted by Crippen LogP contribution is 2.14. The van der Waals surface area contributed by atoms with E-state index in [1.807, 2.05) is 30.1 Å². The lowest BCUT2D eigenvalue weighted by molar-refractivity contribution is -0.0480. The summed E-state index contributed by atoms with van der Waals surface area (Å²) < 4.78 is 7.62. The molecule has 6 heteroatoms. The molecular weight excluding hydrogens is 230 g/mol. The first-order chi connectivity index (χ1) is 8.65. The second-order valence-electron chi connectivity index (χ2n) is 4.60. The molecule has 0 aromatic carbocycles. The molecule has 1 aliphatic rings. The molecule has 100 valence electrons. The highest BCUT2D eigenvalue weighted by Gasteiger charge is 2.26. The largest absolute Gasteiger partial charge is 0.372 e. The number of nitrogens with zero attached hydrogens (tertiary/aromatic N) is 3. The minimum absolute atomic E-state index is 0.184. The van der Waals surface area contributed by atoms with Crippen molar-refractivity contribution in [2.45, 2.75) is 26.1 Å². The maximum atomic E-state index is 5.73. The fourth-order valence-electron chi connectivity index (χ4n) is 2.42. The molecule has 0 bridgehead atoms. The first-order valence-corrected chi connectivity index (χ1v) is 6.19. The molecule has 1 aromatic rings. The summed E-state index contributed by atoms with van der Waals surface area (Å²) in [4.78, 5) is 2.17. The first-order valence-electron chi connectivity index (χ1n) is 6.19. The molecule has 1 saturated heterocycles. The van der Waals surface area contributed by atoms with Crippen molar-refractivity contribution < 1.29 is 4.74 Å². The Balaban J connectivity index is 2.24. The molecule has 0 spiro atoms. The van der Waals surface area contributed by atoms with Gasteiger partial charge in [-0.3, -0.25) is 4.68 Å². The average Bonchev–Trinajstić information content (AvgIpc) is 2.77. The van der Waals surface area contributed by atoms with Crippen molar-refractivity contribution in [1.29, 1.82) is 0 Å². The van der Waals surface area contributed by atoms with Crippen molar-refractivity contribution in [1.82, 2.24) is 9.58 Å². The quantitative estimate of drug-likeness (QED) is 0.345. The normalized spacial score (nSPS) is 25.3. The number of nitrogens with two attached hydrogens (primary N) is 1. The molecule has 18 heavy (non-hydrogen) atoms.